The van der Waals surface area contributed by atoms with E-state index in [1.807, 2.05) is 0 Å². The van der Waals surface area contributed by atoms with Crippen LogP contribution in [0.15, 0.2) is 40.2 Å². The lowest BCUT2D eigenvalue weighted by molar-refractivity contribution is -0.137. The molecule has 0 radical (unpaired) electrons. The highest BCUT2D eigenvalue weighted by molar-refractivity contribution is 9.11. The second kappa shape index (κ2) is 5.46. The minimum atomic E-state index is -4.35. The van der Waals surface area contributed by atoms with E-state index in [9.17, 15) is 18.0 Å². The normalized spacial score (nSPS) is 11.6. The van der Waals surface area contributed by atoms with Crippen molar-refractivity contribution in [3.8, 4) is 0 Å². The summed E-state index contributed by atoms with van der Waals surface area (Å²) in [4.78, 5) is 12.5. The number of ketones is 1. The van der Waals surface area contributed by atoms with Gasteiger partial charge in [0, 0.05) is 6.42 Å². The van der Waals surface area contributed by atoms with E-state index in [0.29, 0.717) is 10.4 Å². The van der Waals surface area contributed by atoms with Crippen molar-refractivity contribution in [2.24, 2.45) is 0 Å². The predicted octanol–water partition coefficient (Wildman–Crippen LogP) is 4.95. The van der Waals surface area contributed by atoms with Crippen molar-refractivity contribution < 1.29 is 18.0 Å². The summed E-state index contributed by atoms with van der Waals surface area (Å²) in [6.45, 7) is 0. The Labute approximate surface area is 120 Å². The van der Waals surface area contributed by atoms with Gasteiger partial charge >= 0.3 is 6.18 Å². The van der Waals surface area contributed by atoms with Crippen molar-refractivity contribution in [3.63, 3.8) is 0 Å². The van der Waals surface area contributed by atoms with Gasteiger partial charge in [0.1, 0.15) is 0 Å². The fourth-order valence-electron chi connectivity index (χ4n) is 1.55. The molecular weight excluding hydrogens is 341 g/mol. The number of alkyl halides is 3. The van der Waals surface area contributed by atoms with Gasteiger partial charge in [-0.25, -0.2) is 0 Å². The number of thiophene rings is 1. The molecule has 6 heteroatoms. The highest BCUT2D eigenvalue weighted by atomic mass is 79.9. The Balaban J connectivity index is 2.10. The Bertz CT molecular complexity index is 587. The average Bonchev–Trinajstić information content (AvgIpc) is 2.75. The van der Waals surface area contributed by atoms with Gasteiger partial charge in [0.25, 0.3) is 0 Å². The van der Waals surface area contributed by atoms with Crippen molar-refractivity contribution in [3.05, 3.63) is 56.2 Å². The summed E-state index contributed by atoms with van der Waals surface area (Å²) in [6.07, 6.45) is -4.24. The van der Waals surface area contributed by atoms with Crippen molar-refractivity contribution in [1.29, 1.82) is 0 Å². The first-order valence-electron chi connectivity index (χ1n) is 5.31. The summed E-state index contributed by atoms with van der Waals surface area (Å²) in [5, 5.41) is 0. The summed E-state index contributed by atoms with van der Waals surface area (Å²) < 4.78 is 38.0. The van der Waals surface area contributed by atoms with Crippen molar-refractivity contribution >= 4 is 33.0 Å². The number of rotatable bonds is 3. The van der Waals surface area contributed by atoms with E-state index in [0.717, 1.165) is 15.9 Å². The highest BCUT2D eigenvalue weighted by Crippen LogP contribution is 2.29. The molecule has 0 spiro atoms. The van der Waals surface area contributed by atoms with Crippen molar-refractivity contribution in [2.75, 3.05) is 0 Å². The second-order valence-electron chi connectivity index (χ2n) is 3.90. The lowest BCUT2D eigenvalue weighted by Gasteiger charge is -2.07. The lowest BCUT2D eigenvalue weighted by Crippen LogP contribution is -2.06. The first-order valence-corrected chi connectivity index (χ1v) is 6.92. The highest BCUT2D eigenvalue weighted by Gasteiger charge is 2.29. The van der Waals surface area contributed by atoms with Crippen LogP contribution in [0.25, 0.3) is 0 Å². The van der Waals surface area contributed by atoms with Crippen LogP contribution in [0, 0.1) is 0 Å². The number of hydrogen-bond acceptors (Lipinski definition) is 2. The van der Waals surface area contributed by atoms with Gasteiger partial charge in [-0.15, -0.1) is 11.3 Å². The molecule has 1 aromatic heterocycles. The second-order valence-corrected chi connectivity index (χ2v) is 6.36. The third-order valence-electron chi connectivity index (χ3n) is 2.49. The van der Waals surface area contributed by atoms with Crippen LogP contribution >= 0.6 is 27.3 Å². The third kappa shape index (κ3) is 3.67. The van der Waals surface area contributed by atoms with E-state index in [4.69, 9.17) is 0 Å². The maximum absolute atomic E-state index is 12.4. The summed E-state index contributed by atoms with van der Waals surface area (Å²) >= 11 is 4.57. The number of Topliss-reactive ketones (excluding diaryl/α,β-unsaturated/α-hetero) is 1. The molecule has 0 bridgehead atoms. The van der Waals surface area contributed by atoms with E-state index in [2.05, 4.69) is 15.9 Å². The molecule has 100 valence electrons. The molecule has 19 heavy (non-hydrogen) atoms. The van der Waals surface area contributed by atoms with Gasteiger partial charge in [-0.2, -0.15) is 13.2 Å². The smallest absolute Gasteiger partial charge is 0.293 e. The predicted molar refractivity (Wildman–Crippen MR) is 71.5 cm³/mol. The number of carbonyl (C=O) groups excluding carboxylic acids is 1. The molecule has 1 nitrogen and oxygen atoms in total. The largest absolute Gasteiger partial charge is 0.416 e. The number of halogens is 4. The molecule has 1 heterocycles. The van der Waals surface area contributed by atoms with Gasteiger partial charge in [0.05, 0.1) is 14.2 Å². The van der Waals surface area contributed by atoms with Gasteiger partial charge in [0.15, 0.2) is 5.78 Å². The summed E-state index contributed by atoms with van der Waals surface area (Å²) in [5.74, 6) is -0.101. The molecule has 1 aromatic carbocycles. The van der Waals surface area contributed by atoms with E-state index in [1.54, 1.807) is 12.1 Å². The Kier molecular flexibility index (Phi) is 4.10. The van der Waals surface area contributed by atoms with Crippen LogP contribution in [-0.2, 0) is 12.6 Å². The Morgan fingerprint density at radius 3 is 2.21 bits per heavy atom. The number of benzene rings is 1. The topological polar surface area (TPSA) is 17.1 Å². The maximum Gasteiger partial charge on any atom is 0.416 e. The molecule has 2 rings (SSSR count). The third-order valence-corrected chi connectivity index (χ3v) is 4.16. The molecule has 0 fully saturated rings. The van der Waals surface area contributed by atoms with Crippen molar-refractivity contribution in [1.82, 2.24) is 0 Å². The van der Waals surface area contributed by atoms with Crippen LogP contribution in [-0.4, -0.2) is 5.78 Å². The van der Waals surface area contributed by atoms with E-state index in [-0.39, 0.29) is 12.2 Å². The summed E-state index contributed by atoms with van der Waals surface area (Å²) in [6, 6.07) is 8.12. The van der Waals surface area contributed by atoms with Crippen LogP contribution in [0.3, 0.4) is 0 Å². The van der Waals surface area contributed by atoms with Crippen LogP contribution in [0.2, 0.25) is 0 Å². The molecule has 0 aliphatic carbocycles. The van der Waals surface area contributed by atoms with Crippen molar-refractivity contribution in [2.45, 2.75) is 12.6 Å². The molecule has 0 aliphatic rings. The van der Waals surface area contributed by atoms with Gasteiger partial charge in [-0.3, -0.25) is 4.79 Å². The van der Waals surface area contributed by atoms with Gasteiger partial charge in [-0.1, -0.05) is 12.1 Å². The van der Waals surface area contributed by atoms with Gasteiger partial charge in [-0.05, 0) is 45.8 Å². The maximum atomic E-state index is 12.4. The SMILES string of the molecule is O=C(Cc1ccc(C(F)(F)F)cc1)c1ccc(Br)s1. The molecule has 0 saturated carbocycles. The zero-order valence-electron chi connectivity index (χ0n) is 9.50. The monoisotopic (exact) mass is 348 g/mol. The first-order chi connectivity index (χ1) is 8.86. The van der Waals surface area contributed by atoms with E-state index in [1.165, 1.54) is 23.5 Å². The first kappa shape index (κ1) is 14.3. The van der Waals surface area contributed by atoms with Gasteiger partial charge in [0.2, 0.25) is 0 Å². The zero-order valence-corrected chi connectivity index (χ0v) is 11.9. The van der Waals surface area contributed by atoms with Crippen LogP contribution in [0.1, 0.15) is 20.8 Å². The molecule has 0 amide bonds. The lowest BCUT2D eigenvalue weighted by atomic mass is 10.1. The van der Waals surface area contributed by atoms with E-state index >= 15 is 0 Å². The molecule has 0 N–H and O–H groups in total. The minimum Gasteiger partial charge on any atom is -0.293 e. The molecule has 0 aliphatic heterocycles. The quantitative estimate of drug-likeness (QED) is 0.717. The molecule has 0 unspecified atom stereocenters. The zero-order chi connectivity index (χ0) is 14.0. The summed E-state index contributed by atoms with van der Waals surface area (Å²) in [7, 11) is 0. The average molecular weight is 349 g/mol. The van der Waals surface area contributed by atoms with Crippen LogP contribution < -0.4 is 0 Å². The van der Waals surface area contributed by atoms with Crippen LogP contribution in [0.4, 0.5) is 13.2 Å². The van der Waals surface area contributed by atoms with Gasteiger partial charge < -0.3 is 0 Å². The number of carbonyl (C=O) groups is 1. The minimum absolute atomic E-state index is 0.101. The standard InChI is InChI=1S/C13H8BrF3OS/c14-12-6-5-11(19-12)10(18)7-8-1-3-9(4-2-8)13(15,16)17/h1-6H,7H2. The molecule has 2 aromatic rings. The molecule has 0 atom stereocenters. The Morgan fingerprint density at radius 1 is 1.11 bits per heavy atom. The fraction of sp³-hybridized carbons (Fsp3) is 0.154. The Morgan fingerprint density at radius 2 is 1.74 bits per heavy atom. The number of hydrogen-bond donors (Lipinski definition) is 0. The van der Waals surface area contributed by atoms with E-state index < -0.39 is 11.7 Å². The molecule has 0 saturated heterocycles. The fourth-order valence-corrected chi connectivity index (χ4v) is 2.87. The van der Waals surface area contributed by atoms with Crippen LogP contribution in [0.5, 0.6) is 0 Å². The molecular formula is C13H8BrF3OS. The Hall–Kier alpha value is -1.14. The summed E-state index contributed by atoms with van der Waals surface area (Å²) in [5.41, 5.74) is -0.134.